The van der Waals surface area contributed by atoms with Crippen molar-refractivity contribution >= 4 is 6.03 Å². The highest BCUT2D eigenvalue weighted by molar-refractivity contribution is 5.71. The van der Waals surface area contributed by atoms with E-state index in [9.17, 15) is 4.79 Å². The van der Waals surface area contributed by atoms with E-state index in [1.807, 2.05) is 0 Å². The number of rotatable bonds is 5. The van der Waals surface area contributed by atoms with E-state index in [1.54, 1.807) is 6.07 Å². The first-order valence-corrected chi connectivity index (χ1v) is 3.49. The Balaban J connectivity index is 3.90. The predicted molar refractivity (Wildman–Crippen MR) is 44.0 cm³/mol. The fourth-order valence-electron chi connectivity index (χ4n) is 0.500. The minimum absolute atomic E-state index is 0.190. The number of urea groups is 1. The van der Waals surface area contributed by atoms with Crippen LogP contribution in [0.15, 0.2) is 12.3 Å². The van der Waals surface area contributed by atoms with Gasteiger partial charge in [-0.05, 0) is 0 Å². The molecule has 0 aromatic rings. The van der Waals surface area contributed by atoms with Gasteiger partial charge in [-0.1, -0.05) is 0 Å². The average Bonchev–Trinajstić information content (AvgIpc) is 2.10. The summed E-state index contributed by atoms with van der Waals surface area (Å²) in [7, 11) is 1.50. The number of nitrogens with two attached hydrogens (primary N) is 1. The van der Waals surface area contributed by atoms with Gasteiger partial charge in [-0.15, -0.1) is 0 Å². The van der Waals surface area contributed by atoms with Gasteiger partial charge in [0, 0.05) is 19.4 Å². The van der Waals surface area contributed by atoms with Crippen molar-refractivity contribution in [2.45, 2.75) is 0 Å². The highest BCUT2D eigenvalue weighted by Crippen LogP contribution is 1.91. The van der Waals surface area contributed by atoms with Gasteiger partial charge in [0.25, 0.3) is 0 Å². The molecule has 13 heavy (non-hydrogen) atoms. The Morgan fingerprint density at radius 1 is 1.69 bits per heavy atom. The molecule has 2 N–H and O–H groups in total. The zero-order chi connectivity index (χ0) is 10.1. The molecule has 6 nitrogen and oxygen atoms in total. The van der Waals surface area contributed by atoms with Gasteiger partial charge < -0.3 is 10.5 Å². The molecular formula is C7H11N3O3. The second-order valence-corrected chi connectivity index (χ2v) is 1.93. The van der Waals surface area contributed by atoms with E-state index in [2.05, 4.69) is 4.74 Å². The molecule has 0 aromatic carbocycles. The Morgan fingerprint density at radius 2 is 2.38 bits per heavy atom. The monoisotopic (exact) mass is 185 g/mol. The summed E-state index contributed by atoms with van der Waals surface area (Å²) >= 11 is 0. The van der Waals surface area contributed by atoms with Crippen molar-refractivity contribution < 1.29 is 14.4 Å². The number of hydrogen-bond acceptors (Lipinski definition) is 4. The number of primary amides is 1. The van der Waals surface area contributed by atoms with Crippen LogP contribution in [0.5, 0.6) is 0 Å². The molecule has 0 rings (SSSR count). The number of nitrogens with zero attached hydrogens (tertiary/aromatic N) is 2. The van der Waals surface area contributed by atoms with Crippen LogP contribution in [0, 0.1) is 11.3 Å². The van der Waals surface area contributed by atoms with Crippen LogP contribution in [0.4, 0.5) is 4.79 Å². The lowest BCUT2D eigenvalue weighted by Gasteiger charge is -2.13. The molecule has 0 aromatic heterocycles. The SMILES string of the molecule is COCCON(C=CC#N)C(N)=O. The van der Waals surface area contributed by atoms with Crippen molar-refractivity contribution in [2.75, 3.05) is 20.3 Å². The number of allylic oxidation sites excluding steroid dienone is 1. The third kappa shape index (κ3) is 5.66. The quantitative estimate of drug-likeness (QED) is 0.370. The lowest BCUT2D eigenvalue weighted by molar-refractivity contribution is -0.0925. The number of amides is 2. The minimum atomic E-state index is -0.789. The number of ether oxygens (including phenoxy) is 1. The summed E-state index contributed by atoms with van der Waals surface area (Å²) in [5.41, 5.74) is 4.92. The van der Waals surface area contributed by atoms with Crippen LogP contribution in [0.25, 0.3) is 0 Å². The second kappa shape index (κ2) is 7.09. The Hall–Kier alpha value is -1.58. The van der Waals surface area contributed by atoms with Crippen molar-refractivity contribution in [1.82, 2.24) is 5.06 Å². The number of carbonyl (C=O) groups excluding carboxylic acids is 1. The summed E-state index contributed by atoms with van der Waals surface area (Å²) in [5.74, 6) is 0. The van der Waals surface area contributed by atoms with Crippen LogP contribution in [-0.4, -0.2) is 31.4 Å². The van der Waals surface area contributed by atoms with Crippen LogP contribution in [0.1, 0.15) is 0 Å². The van der Waals surface area contributed by atoms with Gasteiger partial charge in [-0.25, -0.2) is 4.79 Å². The first-order valence-electron chi connectivity index (χ1n) is 3.49. The summed E-state index contributed by atoms with van der Waals surface area (Å²) in [6.45, 7) is 0.527. The lowest BCUT2D eigenvalue weighted by atomic mass is 10.6. The van der Waals surface area contributed by atoms with Crippen molar-refractivity contribution in [3.8, 4) is 6.07 Å². The van der Waals surface area contributed by atoms with E-state index in [0.717, 1.165) is 17.3 Å². The first kappa shape index (κ1) is 11.4. The molecule has 2 amide bonds. The van der Waals surface area contributed by atoms with Gasteiger partial charge >= 0.3 is 6.03 Å². The third-order valence-electron chi connectivity index (χ3n) is 1.02. The van der Waals surface area contributed by atoms with E-state index >= 15 is 0 Å². The summed E-state index contributed by atoms with van der Waals surface area (Å²) in [6.07, 6.45) is 2.22. The van der Waals surface area contributed by atoms with Crippen LogP contribution in [-0.2, 0) is 9.57 Å². The number of carbonyl (C=O) groups is 1. The minimum Gasteiger partial charge on any atom is -0.382 e. The van der Waals surface area contributed by atoms with Crippen molar-refractivity contribution in [1.29, 1.82) is 5.26 Å². The molecule has 0 spiro atoms. The molecule has 0 fully saturated rings. The zero-order valence-electron chi connectivity index (χ0n) is 7.27. The molecule has 0 unspecified atom stereocenters. The summed E-state index contributed by atoms with van der Waals surface area (Å²) < 4.78 is 4.68. The Kier molecular flexibility index (Phi) is 6.23. The maximum atomic E-state index is 10.6. The Morgan fingerprint density at radius 3 is 2.85 bits per heavy atom. The topological polar surface area (TPSA) is 88.6 Å². The van der Waals surface area contributed by atoms with Gasteiger partial charge in [0.2, 0.25) is 0 Å². The largest absolute Gasteiger partial charge is 0.382 e. The molecule has 6 heteroatoms. The molecule has 0 saturated carbocycles. The van der Waals surface area contributed by atoms with Gasteiger partial charge in [0.1, 0.15) is 0 Å². The summed E-state index contributed by atoms with van der Waals surface area (Å²) in [4.78, 5) is 15.5. The van der Waals surface area contributed by atoms with Crippen LogP contribution < -0.4 is 5.73 Å². The molecular weight excluding hydrogens is 174 g/mol. The molecule has 0 bridgehead atoms. The van der Waals surface area contributed by atoms with Gasteiger partial charge in [-0.2, -0.15) is 10.3 Å². The standard InChI is InChI=1S/C7H11N3O3/c1-12-5-6-13-10(7(9)11)4-2-3-8/h2,4H,5-6H2,1H3,(H2,9,11). The lowest BCUT2D eigenvalue weighted by Crippen LogP contribution is -2.32. The van der Waals surface area contributed by atoms with Gasteiger partial charge in [0.05, 0.1) is 19.3 Å². The third-order valence-corrected chi connectivity index (χ3v) is 1.02. The molecule has 0 aliphatic carbocycles. The van der Waals surface area contributed by atoms with E-state index in [0.29, 0.717) is 6.61 Å². The first-order chi connectivity index (χ1) is 6.22. The molecule has 0 aliphatic heterocycles. The normalized spacial score (nSPS) is 9.85. The van der Waals surface area contributed by atoms with Gasteiger partial charge in [-0.3, -0.25) is 4.84 Å². The number of nitriles is 1. The molecule has 0 saturated heterocycles. The van der Waals surface area contributed by atoms with Crippen molar-refractivity contribution in [2.24, 2.45) is 5.73 Å². The highest BCUT2D eigenvalue weighted by atomic mass is 16.7. The summed E-state index contributed by atoms with van der Waals surface area (Å²) in [5, 5.41) is 8.94. The summed E-state index contributed by atoms with van der Waals surface area (Å²) in [6, 6.07) is 0.913. The fraction of sp³-hybridized carbons (Fsp3) is 0.429. The fourth-order valence-corrected chi connectivity index (χ4v) is 0.500. The smallest absolute Gasteiger partial charge is 0.342 e. The van der Waals surface area contributed by atoms with E-state index in [-0.39, 0.29) is 6.61 Å². The molecule has 0 aliphatic rings. The predicted octanol–water partition coefficient (Wildman–Crippen LogP) is -0.0176. The number of hydrogen-bond donors (Lipinski definition) is 1. The molecule has 0 heterocycles. The van der Waals surface area contributed by atoms with Crippen LogP contribution >= 0.6 is 0 Å². The van der Waals surface area contributed by atoms with E-state index < -0.39 is 6.03 Å². The molecule has 0 radical (unpaired) electrons. The highest BCUT2D eigenvalue weighted by Gasteiger charge is 2.05. The maximum Gasteiger partial charge on any atom is 0.342 e. The van der Waals surface area contributed by atoms with Crippen molar-refractivity contribution in [3.05, 3.63) is 12.3 Å². The maximum absolute atomic E-state index is 10.6. The second-order valence-electron chi connectivity index (χ2n) is 1.93. The van der Waals surface area contributed by atoms with E-state index in [4.69, 9.17) is 15.8 Å². The van der Waals surface area contributed by atoms with Gasteiger partial charge in [0.15, 0.2) is 0 Å². The number of hydroxylamine groups is 2. The molecule has 0 atom stereocenters. The number of methoxy groups -OCH3 is 1. The van der Waals surface area contributed by atoms with E-state index in [1.165, 1.54) is 7.11 Å². The Labute approximate surface area is 76.1 Å². The molecule has 72 valence electrons. The van der Waals surface area contributed by atoms with Crippen molar-refractivity contribution in [3.63, 3.8) is 0 Å². The average molecular weight is 185 g/mol. The Bertz CT molecular complexity index is 222. The van der Waals surface area contributed by atoms with Crippen LogP contribution in [0.2, 0.25) is 0 Å². The zero-order valence-corrected chi connectivity index (χ0v) is 7.27. The van der Waals surface area contributed by atoms with Crippen LogP contribution in [0.3, 0.4) is 0 Å².